The van der Waals surface area contributed by atoms with Crippen molar-refractivity contribution in [1.82, 2.24) is 4.57 Å². The summed E-state index contributed by atoms with van der Waals surface area (Å²) in [6.07, 6.45) is -0.170. The first-order valence-corrected chi connectivity index (χ1v) is 8.72. The molecule has 138 valence electrons. The van der Waals surface area contributed by atoms with Gasteiger partial charge in [-0.25, -0.2) is 0 Å². The first-order valence-electron chi connectivity index (χ1n) is 8.72. The lowest BCUT2D eigenvalue weighted by Gasteiger charge is -2.18. The quantitative estimate of drug-likeness (QED) is 0.770. The smallest absolute Gasteiger partial charge is 0.307 e. The van der Waals surface area contributed by atoms with Crippen LogP contribution in [0.15, 0.2) is 36.4 Å². The molecule has 0 radical (unpaired) electrons. The molecule has 0 amide bonds. The lowest BCUT2D eigenvalue weighted by molar-refractivity contribution is -0.136. The first kappa shape index (κ1) is 17.1. The third-order valence-corrected chi connectivity index (χ3v) is 4.83. The number of carboxylic acid groups (broad SMARTS) is 1. The Bertz CT molecular complexity index is 1060. The van der Waals surface area contributed by atoms with E-state index in [0.717, 1.165) is 5.56 Å². The maximum Gasteiger partial charge on any atom is 0.307 e. The van der Waals surface area contributed by atoms with Gasteiger partial charge >= 0.3 is 5.97 Å². The Labute approximate surface area is 155 Å². The van der Waals surface area contributed by atoms with Gasteiger partial charge in [-0.2, -0.15) is 0 Å². The molecule has 1 aliphatic heterocycles. The summed E-state index contributed by atoms with van der Waals surface area (Å²) in [6.45, 7) is 4.60. The van der Waals surface area contributed by atoms with Crippen molar-refractivity contribution in [2.24, 2.45) is 0 Å². The van der Waals surface area contributed by atoms with Crippen LogP contribution in [0.2, 0.25) is 0 Å². The summed E-state index contributed by atoms with van der Waals surface area (Å²) >= 11 is 0. The Morgan fingerprint density at radius 3 is 2.30 bits per heavy atom. The van der Waals surface area contributed by atoms with Gasteiger partial charge in [0.1, 0.15) is 13.2 Å². The number of ether oxygens (including phenoxy) is 2. The number of hydrogen-bond donors (Lipinski definition) is 1. The van der Waals surface area contributed by atoms with E-state index in [2.05, 4.69) is 0 Å². The molecule has 6 nitrogen and oxygen atoms in total. The van der Waals surface area contributed by atoms with Crippen molar-refractivity contribution in [3.8, 4) is 11.5 Å². The van der Waals surface area contributed by atoms with Gasteiger partial charge in [0.2, 0.25) is 0 Å². The molecule has 1 aliphatic rings. The molecule has 0 bridgehead atoms. The number of nitrogens with zero attached hydrogens (tertiary/aromatic N) is 1. The van der Waals surface area contributed by atoms with Gasteiger partial charge in [-0.15, -0.1) is 0 Å². The van der Waals surface area contributed by atoms with E-state index in [-0.39, 0.29) is 12.3 Å². The monoisotopic (exact) mass is 365 g/mol. The Morgan fingerprint density at radius 2 is 1.67 bits per heavy atom. The summed E-state index contributed by atoms with van der Waals surface area (Å²) < 4.78 is 12.9. The summed E-state index contributed by atoms with van der Waals surface area (Å²) in [5.41, 5.74) is 3.44. The van der Waals surface area contributed by atoms with E-state index in [9.17, 15) is 14.7 Å². The van der Waals surface area contributed by atoms with Crippen LogP contribution in [0, 0.1) is 13.8 Å². The van der Waals surface area contributed by atoms with Gasteiger partial charge in [0.15, 0.2) is 11.5 Å². The topological polar surface area (TPSA) is 77.8 Å². The number of carbonyl (C=O) groups excluding carboxylic acids is 1. The molecule has 6 heteroatoms. The van der Waals surface area contributed by atoms with E-state index in [1.807, 2.05) is 19.1 Å². The van der Waals surface area contributed by atoms with Gasteiger partial charge in [-0.1, -0.05) is 17.7 Å². The summed E-state index contributed by atoms with van der Waals surface area (Å²) in [5.74, 6) is -0.0213. The molecular formula is C21H19NO5. The lowest BCUT2D eigenvalue weighted by atomic mass is 10.1. The standard InChI is InChI=1S/C21H19NO5/c1-12-3-5-14(6-4-12)21(25)22-13(2)15(10-20(23)24)16-9-18-19(11-17(16)22)27-8-7-26-18/h3-6,9,11H,7-8,10H2,1-2H3,(H,23,24). The molecule has 0 saturated carbocycles. The molecule has 27 heavy (non-hydrogen) atoms. The van der Waals surface area contributed by atoms with Crippen LogP contribution < -0.4 is 9.47 Å². The summed E-state index contributed by atoms with van der Waals surface area (Å²) in [6, 6.07) is 10.8. The number of benzene rings is 2. The highest BCUT2D eigenvalue weighted by Gasteiger charge is 2.24. The van der Waals surface area contributed by atoms with Crippen molar-refractivity contribution in [3.63, 3.8) is 0 Å². The highest BCUT2D eigenvalue weighted by Crippen LogP contribution is 2.38. The highest BCUT2D eigenvalue weighted by atomic mass is 16.6. The van der Waals surface area contributed by atoms with Crippen molar-refractivity contribution in [3.05, 3.63) is 58.8 Å². The van der Waals surface area contributed by atoms with Gasteiger partial charge in [0, 0.05) is 22.7 Å². The fraction of sp³-hybridized carbons (Fsp3) is 0.238. The van der Waals surface area contributed by atoms with E-state index in [1.165, 1.54) is 0 Å². The molecule has 0 atom stereocenters. The number of carboxylic acids is 1. The molecule has 3 aromatic rings. The van der Waals surface area contributed by atoms with Gasteiger partial charge in [0.25, 0.3) is 5.91 Å². The summed E-state index contributed by atoms with van der Waals surface area (Å²) in [4.78, 5) is 24.6. The predicted octanol–water partition coefficient (Wildman–Crippen LogP) is 3.34. The number of fused-ring (bicyclic) bond motifs is 2. The maximum atomic E-state index is 13.2. The third kappa shape index (κ3) is 2.93. The Morgan fingerprint density at radius 1 is 1.04 bits per heavy atom. The van der Waals surface area contributed by atoms with E-state index in [4.69, 9.17) is 9.47 Å². The van der Waals surface area contributed by atoms with Crippen LogP contribution in [0.3, 0.4) is 0 Å². The second kappa shape index (κ2) is 6.46. The molecule has 0 saturated heterocycles. The third-order valence-electron chi connectivity index (χ3n) is 4.83. The minimum absolute atomic E-state index is 0.170. The fourth-order valence-electron chi connectivity index (χ4n) is 3.48. The molecule has 0 spiro atoms. The zero-order chi connectivity index (χ0) is 19.1. The van der Waals surface area contributed by atoms with Gasteiger partial charge in [-0.05, 0) is 37.6 Å². The number of hydrogen-bond acceptors (Lipinski definition) is 4. The van der Waals surface area contributed by atoms with E-state index >= 15 is 0 Å². The predicted molar refractivity (Wildman–Crippen MR) is 99.9 cm³/mol. The van der Waals surface area contributed by atoms with Gasteiger partial charge < -0.3 is 14.6 Å². The number of aryl methyl sites for hydroxylation is 1. The number of aliphatic carboxylic acids is 1. The fourth-order valence-corrected chi connectivity index (χ4v) is 3.48. The van der Waals surface area contributed by atoms with Crippen LogP contribution in [0.25, 0.3) is 10.9 Å². The molecule has 1 N–H and O–H groups in total. The summed E-state index contributed by atoms with van der Waals surface area (Å²) in [5, 5.41) is 10.0. The number of carbonyl (C=O) groups is 2. The lowest BCUT2D eigenvalue weighted by Crippen LogP contribution is -2.16. The van der Waals surface area contributed by atoms with Crippen LogP contribution >= 0.6 is 0 Å². The second-order valence-corrected chi connectivity index (χ2v) is 6.65. The minimum Gasteiger partial charge on any atom is -0.486 e. The van der Waals surface area contributed by atoms with Crippen molar-refractivity contribution < 1.29 is 24.2 Å². The van der Waals surface area contributed by atoms with Crippen LogP contribution in [0.4, 0.5) is 0 Å². The van der Waals surface area contributed by atoms with Crippen LogP contribution in [-0.4, -0.2) is 34.8 Å². The van der Waals surface area contributed by atoms with E-state index in [0.29, 0.717) is 52.4 Å². The molecule has 2 heterocycles. The minimum atomic E-state index is -0.949. The Balaban J connectivity index is 1.95. The Hall–Kier alpha value is -3.28. The SMILES string of the molecule is Cc1ccc(C(=O)n2c(C)c(CC(=O)O)c3cc4c(cc32)OCCO4)cc1. The molecule has 0 fully saturated rings. The van der Waals surface area contributed by atoms with Crippen LogP contribution in [-0.2, 0) is 11.2 Å². The van der Waals surface area contributed by atoms with Crippen LogP contribution in [0.5, 0.6) is 11.5 Å². The second-order valence-electron chi connectivity index (χ2n) is 6.65. The van der Waals surface area contributed by atoms with Gasteiger partial charge in [0.05, 0.1) is 11.9 Å². The zero-order valence-corrected chi connectivity index (χ0v) is 15.1. The molecule has 0 unspecified atom stereocenters. The molecule has 2 aromatic carbocycles. The largest absolute Gasteiger partial charge is 0.486 e. The zero-order valence-electron chi connectivity index (χ0n) is 15.1. The van der Waals surface area contributed by atoms with Crippen molar-refractivity contribution in [2.75, 3.05) is 13.2 Å². The van der Waals surface area contributed by atoms with E-state index < -0.39 is 5.97 Å². The van der Waals surface area contributed by atoms with Crippen LogP contribution in [0.1, 0.15) is 27.2 Å². The normalized spacial score (nSPS) is 13.0. The first-order chi connectivity index (χ1) is 13.0. The van der Waals surface area contributed by atoms with Crippen molar-refractivity contribution in [2.45, 2.75) is 20.3 Å². The number of aromatic nitrogens is 1. The average molecular weight is 365 g/mol. The molecular weight excluding hydrogens is 346 g/mol. The maximum absolute atomic E-state index is 13.2. The summed E-state index contributed by atoms with van der Waals surface area (Å²) in [7, 11) is 0. The van der Waals surface area contributed by atoms with Crippen molar-refractivity contribution in [1.29, 1.82) is 0 Å². The highest BCUT2D eigenvalue weighted by molar-refractivity contribution is 6.05. The van der Waals surface area contributed by atoms with Gasteiger partial charge in [-0.3, -0.25) is 14.2 Å². The molecule has 0 aliphatic carbocycles. The average Bonchev–Trinajstić information content (AvgIpc) is 2.90. The molecule has 1 aromatic heterocycles. The molecule has 4 rings (SSSR count). The van der Waals surface area contributed by atoms with Crippen molar-refractivity contribution >= 4 is 22.8 Å². The Kier molecular flexibility index (Phi) is 4.11. The van der Waals surface area contributed by atoms with E-state index in [1.54, 1.807) is 35.8 Å². The number of rotatable bonds is 3.